The lowest BCUT2D eigenvalue weighted by Gasteiger charge is -2.41. The van der Waals surface area contributed by atoms with Gasteiger partial charge in [-0.25, -0.2) is 9.18 Å². The van der Waals surface area contributed by atoms with Crippen molar-refractivity contribution in [3.8, 4) is 11.1 Å². The molecule has 3 nitrogen and oxygen atoms in total. The Morgan fingerprint density at radius 1 is 1.15 bits per heavy atom. The molecule has 1 atom stereocenters. The Morgan fingerprint density at radius 3 is 2.55 bits per heavy atom. The molecule has 0 saturated heterocycles. The van der Waals surface area contributed by atoms with Crippen LogP contribution in [0.3, 0.4) is 0 Å². The van der Waals surface area contributed by atoms with Crippen LogP contribution >= 0.6 is 11.3 Å². The van der Waals surface area contributed by atoms with Gasteiger partial charge in [-0.3, -0.25) is 0 Å². The second-order valence-electron chi connectivity index (χ2n) is 8.99. The van der Waals surface area contributed by atoms with Crippen LogP contribution in [0.5, 0.6) is 0 Å². The van der Waals surface area contributed by atoms with E-state index >= 15 is 0 Å². The van der Waals surface area contributed by atoms with Crippen LogP contribution < -0.4 is 0 Å². The van der Waals surface area contributed by atoms with Gasteiger partial charge in [-0.05, 0) is 77.9 Å². The van der Waals surface area contributed by atoms with Gasteiger partial charge in [-0.1, -0.05) is 56.5 Å². The van der Waals surface area contributed by atoms with E-state index in [0.29, 0.717) is 18.1 Å². The highest BCUT2D eigenvalue weighted by Crippen LogP contribution is 2.46. The van der Waals surface area contributed by atoms with Crippen molar-refractivity contribution in [2.24, 2.45) is 5.92 Å². The van der Waals surface area contributed by atoms with Crippen LogP contribution in [0.4, 0.5) is 4.39 Å². The van der Waals surface area contributed by atoms with Gasteiger partial charge >= 0.3 is 5.97 Å². The van der Waals surface area contributed by atoms with Crippen molar-refractivity contribution in [2.75, 3.05) is 0 Å². The maximum atomic E-state index is 14.2. The van der Waals surface area contributed by atoms with E-state index in [1.165, 1.54) is 49.1 Å². The predicted octanol–water partition coefficient (Wildman–Crippen LogP) is 7.96. The van der Waals surface area contributed by atoms with Gasteiger partial charge in [0, 0.05) is 4.88 Å². The topological polar surface area (TPSA) is 46.5 Å². The molecular formula is C28H31FO3S. The summed E-state index contributed by atoms with van der Waals surface area (Å²) in [6.07, 6.45) is 7.22. The van der Waals surface area contributed by atoms with E-state index in [2.05, 4.69) is 30.5 Å². The minimum Gasteiger partial charge on any atom is -0.478 e. The van der Waals surface area contributed by atoms with Crippen LogP contribution in [-0.4, -0.2) is 11.1 Å². The summed E-state index contributed by atoms with van der Waals surface area (Å²) in [6.45, 7) is 4.75. The standard InChI is InChI=1S/C28H31FO3S/c1-3-28(26-10-7-15-33-26,22-8-5-4-6-9-22)32-18-20-11-13-23(19(2)16-20)21-12-14-24(27(30)31)25(29)17-21/h7,10-17,22H,3-6,8-9,18H2,1-2H3,(H,30,31). The normalized spacial score (nSPS) is 16.5. The molecule has 0 aliphatic heterocycles. The van der Waals surface area contributed by atoms with Gasteiger partial charge in [0.2, 0.25) is 0 Å². The van der Waals surface area contributed by atoms with Crippen molar-refractivity contribution in [3.63, 3.8) is 0 Å². The first-order valence-corrected chi connectivity index (χ1v) is 12.6. The van der Waals surface area contributed by atoms with Crippen molar-refractivity contribution in [1.82, 2.24) is 0 Å². The predicted molar refractivity (Wildman–Crippen MR) is 131 cm³/mol. The van der Waals surface area contributed by atoms with Crippen LogP contribution in [0.2, 0.25) is 0 Å². The largest absolute Gasteiger partial charge is 0.478 e. The fraction of sp³-hybridized carbons (Fsp3) is 0.393. The molecule has 174 valence electrons. The number of hydrogen-bond donors (Lipinski definition) is 1. The number of benzene rings is 2. The monoisotopic (exact) mass is 466 g/mol. The molecule has 2 aromatic carbocycles. The van der Waals surface area contributed by atoms with Gasteiger partial charge in [0.1, 0.15) is 11.4 Å². The van der Waals surface area contributed by atoms with Crippen molar-refractivity contribution in [3.05, 3.63) is 81.3 Å². The summed E-state index contributed by atoms with van der Waals surface area (Å²) in [7, 11) is 0. The van der Waals surface area contributed by atoms with E-state index in [9.17, 15) is 9.18 Å². The van der Waals surface area contributed by atoms with Gasteiger partial charge < -0.3 is 9.84 Å². The second kappa shape index (κ2) is 10.2. The van der Waals surface area contributed by atoms with Crippen LogP contribution in [0.15, 0.2) is 53.9 Å². The molecule has 0 radical (unpaired) electrons. The zero-order valence-electron chi connectivity index (χ0n) is 19.3. The van der Waals surface area contributed by atoms with Crippen molar-refractivity contribution >= 4 is 17.3 Å². The minimum atomic E-state index is -1.26. The molecule has 1 saturated carbocycles. The summed E-state index contributed by atoms with van der Waals surface area (Å²) in [5, 5.41) is 11.2. The Balaban J connectivity index is 1.57. The second-order valence-corrected chi connectivity index (χ2v) is 9.94. The summed E-state index contributed by atoms with van der Waals surface area (Å²) in [5.41, 5.74) is 3.09. The number of carbonyl (C=O) groups is 1. The molecule has 0 spiro atoms. The smallest absolute Gasteiger partial charge is 0.338 e. The average molecular weight is 467 g/mol. The maximum Gasteiger partial charge on any atom is 0.338 e. The van der Waals surface area contributed by atoms with Crippen LogP contribution in [-0.2, 0) is 16.9 Å². The minimum absolute atomic E-state index is 0.253. The first-order chi connectivity index (χ1) is 15.9. The number of aromatic carboxylic acids is 1. The Labute approximate surface area is 199 Å². The van der Waals surface area contributed by atoms with E-state index in [-0.39, 0.29) is 11.2 Å². The Morgan fingerprint density at radius 2 is 1.94 bits per heavy atom. The molecule has 1 aromatic heterocycles. The van der Waals surface area contributed by atoms with E-state index < -0.39 is 11.8 Å². The van der Waals surface area contributed by atoms with Crippen LogP contribution in [0.1, 0.15) is 71.8 Å². The van der Waals surface area contributed by atoms with Gasteiger partial charge in [-0.15, -0.1) is 11.3 Å². The van der Waals surface area contributed by atoms with Crippen molar-refractivity contribution in [1.29, 1.82) is 0 Å². The van der Waals surface area contributed by atoms with Gasteiger partial charge in [0.25, 0.3) is 0 Å². The number of carboxylic acid groups (broad SMARTS) is 1. The number of carboxylic acids is 1. The fourth-order valence-electron chi connectivity index (χ4n) is 5.25. The van der Waals surface area contributed by atoms with E-state index in [4.69, 9.17) is 9.84 Å². The van der Waals surface area contributed by atoms with Crippen LogP contribution in [0.25, 0.3) is 11.1 Å². The number of halogens is 1. The molecule has 1 aliphatic carbocycles. The zero-order chi connectivity index (χ0) is 23.4. The summed E-state index contributed by atoms with van der Waals surface area (Å²) in [6, 6.07) is 14.7. The summed E-state index contributed by atoms with van der Waals surface area (Å²) < 4.78 is 21.0. The molecule has 1 heterocycles. The molecular weight excluding hydrogens is 435 g/mol. The van der Waals surface area contributed by atoms with Crippen molar-refractivity contribution in [2.45, 2.75) is 64.6 Å². The van der Waals surface area contributed by atoms with Gasteiger partial charge in [0.15, 0.2) is 0 Å². The Bertz CT molecular complexity index is 1100. The third kappa shape index (κ3) is 4.90. The first-order valence-electron chi connectivity index (χ1n) is 11.8. The molecule has 33 heavy (non-hydrogen) atoms. The Kier molecular flexibility index (Phi) is 7.30. The molecule has 1 N–H and O–H groups in total. The number of ether oxygens (including phenoxy) is 1. The maximum absolute atomic E-state index is 14.2. The number of aryl methyl sites for hydroxylation is 1. The number of rotatable bonds is 8. The number of thiophene rings is 1. The molecule has 1 aliphatic rings. The SMILES string of the molecule is CCC(OCc1ccc(-c2ccc(C(=O)O)c(F)c2)c(C)c1)(c1cccs1)C1CCCCC1. The lowest BCUT2D eigenvalue weighted by atomic mass is 9.74. The molecule has 5 heteroatoms. The third-order valence-corrected chi connectivity index (χ3v) is 8.05. The van der Waals surface area contributed by atoms with E-state index in [1.54, 1.807) is 17.4 Å². The highest BCUT2D eigenvalue weighted by Gasteiger charge is 2.41. The van der Waals surface area contributed by atoms with Crippen molar-refractivity contribution < 1.29 is 19.0 Å². The molecule has 0 amide bonds. The van der Waals surface area contributed by atoms with E-state index in [1.807, 2.05) is 19.1 Å². The van der Waals surface area contributed by atoms with E-state index in [0.717, 1.165) is 23.1 Å². The zero-order valence-corrected chi connectivity index (χ0v) is 20.1. The third-order valence-electron chi connectivity index (χ3n) is 7.03. The van der Waals surface area contributed by atoms with Gasteiger partial charge in [-0.2, -0.15) is 0 Å². The summed E-state index contributed by atoms with van der Waals surface area (Å²) in [4.78, 5) is 12.4. The molecule has 4 rings (SSSR count). The summed E-state index contributed by atoms with van der Waals surface area (Å²) >= 11 is 1.79. The first kappa shape index (κ1) is 23.7. The summed E-state index contributed by atoms with van der Waals surface area (Å²) in [5.74, 6) is -1.44. The van der Waals surface area contributed by atoms with Gasteiger partial charge in [0.05, 0.1) is 12.2 Å². The number of hydrogen-bond acceptors (Lipinski definition) is 3. The lowest BCUT2D eigenvalue weighted by molar-refractivity contribution is -0.113. The molecule has 1 unspecified atom stereocenters. The van der Waals surface area contributed by atoms with Crippen LogP contribution in [0, 0.1) is 18.7 Å². The molecule has 3 aromatic rings. The fourth-order valence-corrected chi connectivity index (χ4v) is 6.28. The lowest BCUT2D eigenvalue weighted by Crippen LogP contribution is -2.38. The Hall–Kier alpha value is -2.50. The highest BCUT2D eigenvalue weighted by molar-refractivity contribution is 7.10. The molecule has 1 fully saturated rings. The average Bonchev–Trinajstić information content (AvgIpc) is 3.36. The highest BCUT2D eigenvalue weighted by atomic mass is 32.1. The molecule has 0 bridgehead atoms. The quantitative estimate of drug-likeness (QED) is 0.366.